The Kier molecular flexibility index (Phi) is 4.16. The number of aromatic nitrogens is 4. The molecule has 0 aliphatic carbocycles. The number of aromatic amines is 1. The van der Waals surface area contributed by atoms with Crippen molar-refractivity contribution in [3.63, 3.8) is 0 Å². The number of H-pyrrole nitrogens is 1. The van der Waals surface area contributed by atoms with E-state index in [1.165, 1.54) is 4.90 Å². The summed E-state index contributed by atoms with van der Waals surface area (Å²) in [6.45, 7) is 0.607. The SMILES string of the molecule is CSc1cccc(NCc2nc(-c3ccncc3)n[nH]2)c1. The number of thioether (sulfide) groups is 1. The summed E-state index contributed by atoms with van der Waals surface area (Å²) >= 11 is 1.72. The first-order valence-electron chi connectivity index (χ1n) is 6.55. The predicted octanol–water partition coefficient (Wildman–Crippen LogP) is 3.20. The molecule has 0 fully saturated rings. The van der Waals surface area contributed by atoms with E-state index in [9.17, 15) is 0 Å². The Hall–Kier alpha value is -2.34. The van der Waals surface area contributed by atoms with Crippen molar-refractivity contribution < 1.29 is 0 Å². The Morgan fingerprint density at radius 1 is 1.19 bits per heavy atom. The Labute approximate surface area is 127 Å². The highest BCUT2D eigenvalue weighted by molar-refractivity contribution is 7.98. The van der Waals surface area contributed by atoms with Crippen molar-refractivity contribution >= 4 is 17.4 Å². The van der Waals surface area contributed by atoms with Gasteiger partial charge in [-0.1, -0.05) is 6.07 Å². The van der Waals surface area contributed by atoms with Crippen molar-refractivity contribution in [1.82, 2.24) is 20.2 Å². The maximum Gasteiger partial charge on any atom is 0.181 e. The molecule has 0 bridgehead atoms. The molecule has 6 heteroatoms. The monoisotopic (exact) mass is 297 g/mol. The van der Waals surface area contributed by atoms with Crippen molar-refractivity contribution in [2.75, 3.05) is 11.6 Å². The van der Waals surface area contributed by atoms with Crippen molar-refractivity contribution in [3.8, 4) is 11.4 Å². The minimum absolute atomic E-state index is 0.607. The van der Waals surface area contributed by atoms with Crippen LogP contribution >= 0.6 is 11.8 Å². The maximum atomic E-state index is 4.48. The highest BCUT2D eigenvalue weighted by atomic mass is 32.2. The average Bonchev–Trinajstić information content (AvgIpc) is 3.03. The smallest absolute Gasteiger partial charge is 0.181 e. The van der Waals surface area contributed by atoms with Gasteiger partial charge in [-0.25, -0.2) is 4.98 Å². The van der Waals surface area contributed by atoms with Crippen LogP contribution in [-0.4, -0.2) is 26.4 Å². The van der Waals surface area contributed by atoms with E-state index in [2.05, 4.69) is 43.9 Å². The van der Waals surface area contributed by atoms with Crippen LogP contribution in [0.4, 0.5) is 5.69 Å². The molecule has 21 heavy (non-hydrogen) atoms. The van der Waals surface area contributed by atoms with Gasteiger partial charge in [0.05, 0.1) is 6.54 Å². The van der Waals surface area contributed by atoms with Crippen LogP contribution < -0.4 is 5.32 Å². The first-order valence-corrected chi connectivity index (χ1v) is 7.77. The van der Waals surface area contributed by atoms with E-state index in [-0.39, 0.29) is 0 Å². The van der Waals surface area contributed by atoms with Crippen LogP contribution in [0.25, 0.3) is 11.4 Å². The van der Waals surface area contributed by atoms with Crippen LogP contribution in [0.3, 0.4) is 0 Å². The number of nitrogens with zero attached hydrogens (tertiary/aromatic N) is 3. The number of benzene rings is 1. The molecular formula is C15H15N5S. The van der Waals surface area contributed by atoms with Crippen LogP contribution in [-0.2, 0) is 6.54 Å². The fraction of sp³-hybridized carbons (Fsp3) is 0.133. The van der Waals surface area contributed by atoms with Crippen molar-refractivity contribution in [1.29, 1.82) is 0 Å². The van der Waals surface area contributed by atoms with Crippen molar-refractivity contribution in [3.05, 3.63) is 54.6 Å². The lowest BCUT2D eigenvalue weighted by Gasteiger charge is -2.05. The van der Waals surface area contributed by atoms with Gasteiger partial charge >= 0.3 is 0 Å². The highest BCUT2D eigenvalue weighted by Gasteiger charge is 2.05. The molecule has 3 rings (SSSR count). The van der Waals surface area contributed by atoms with Gasteiger partial charge in [-0.2, -0.15) is 5.10 Å². The van der Waals surface area contributed by atoms with Gasteiger partial charge in [0, 0.05) is 28.5 Å². The lowest BCUT2D eigenvalue weighted by atomic mass is 10.2. The molecule has 3 aromatic rings. The Balaban J connectivity index is 1.67. The zero-order valence-corrected chi connectivity index (χ0v) is 12.4. The van der Waals surface area contributed by atoms with Crippen LogP contribution in [0.5, 0.6) is 0 Å². The Bertz CT molecular complexity index is 711. The largest absolute Gasteiger partial charge is 0.378 e. The maximum absolute atomic E-state index is 4.48. The van der Waals surface area contributed by atoms with E-state index < -0.39 is 0 Å². The van der Waals surface area contributed by atoms with Gasteiger partial charge in [0.1, 0.15) is 5.82 Å². The summed E-state index contributed by atoms with van der Waals surface area (Å²) in [6, 6.07) is 12.1. The van der Waals surface area contributed by atoms with E-state index in [0.717, 1.165) is 17.1 Å². The van der Waals surface area contributed by atoms with Gasteiger partial charge in [-0.15, -0.1) is 11.8 Å². The van der Waals surface area contributed by atoms with Crippen molar-refractivity contribution in [2.24, 2.45) is 0 Å². The molecule has 2 N–H and O–H groups in total. The van der Waals surface area contributed by atoms with Gasteiger partial charge in [-0.05, 0) is 36.6 Å². The summed E-state index contributed by atoms with van der Waals surface area (Å²) < 4.78 is 0. The lowest BCUT2D eigenvalue weighted by molar-refractivity contribution is 0.954. The molecule has 0 unspecified atom stereocenters. The number of pyridine rings is 1. The summed E-state index contributed by atoms with van der Waals surface area (Å²) in [4.78, 5) is 9.70. The molecule has 5 nitrogen and oxygen atoms in total. The minimum Gasteiger partial charge on any atom is -0.378 e. The summed E-state index contributed by atoms with van der Waals surface area (Å²) in [5.41, 5.74) is 2.03. The lowest BCUT2D eigenvalue weighted by Crippen LogP contribution is -2.01. The molecule has 0 radical (unpaired) electrons. The molecule has 0 amide bonds. The predicted molar refractivity (Wildman–Crippen MR) is 85.2 cm³/mol. The first kappa shape index (κ1) is 13.6. The molecule has 2 heterocycles. The van der Waals surface area contributed by atoms with Crippen LogP contribution in [0, 0.1) is 0 Å². The number of rotatable bonds is 5. The fourth-order valence-electron chi connectivity index (χ4n) is 1.92. The zero-order valence-electron chi connectivity index (χ0n) is 11.6. The summed E-state index contributed by atoms with van der Waals surface area (Å²) in [6.07, 6.45) is 5.53. The fourth-order valence-corrected chi connectivity index (χ4v) is 2.38. The third-order valence-corrected chi connectivity index (χ3v) is 3.73. The van der Waals surface area contributed by atoms with E-state index in [0.29, 0.717) is 12.4 Å². The van der Waals surface area contributed by atoms with Crippen LogP contribution in [0.1, 0.15) is 5.82 Å². The van der Waals surface area contributed by atoms with Gasteiger partial charge < -0.3 is 5.32 Å². The number of hydrogen-bond acceptors (Lipinski definition) is 5. The molecule has 0 aliphatic heterocycles. The third-order valence-electron chi connectivity index (χ3n) is 3.00. The minimum atomic E-state index is 0.607. The second-order valence-electron chi connectivity index (χ2n) is 4.43. The van der Waals surface area contributed by atoms with E-state index >= 15 is 0 Å². The average molecular weight is 297 g/mol. The molecule has 0 saturated carbocycles. The molecule has 0 saturated heterocycles. The van der Waals surface area contributed by atoms with Gasteiger partial charge in [-0.3, -0.25) is 10.1 Å². The first-order chi connectivity index (χ1) is 10.3. The second kappa shape index (κ2) is 6.41. The highest BCUT2D eigenvalue weighted by Crippen LogP contribution is 2.19. The Morgan fingerprint density at radius 2 is 2.05 bits per heavy atom. The number of anilines is 1. The van der Waals surface area contributed by atoms with Crippen LogP contribution in [0.2, 0.25) is 0 Å². The number of nitrogens with one attached hydrogen (secondary N) is 2. The molecule has 1 aromatic carbocycles. The van der Waals surface area contributed by atoms with E-state index in [1.807, 2.05) is 24.3 Å². The van der Waals surface area contributed by atoms with E-state index in [4.69, 9.17) is 0 Å². The second-order valence-corrected chi connectivity index (χ2v) is 5.31. The summed E-state index contributed by atoms with van der Waals surface area (Å²) in [5, 5.41) is 10.5. The molecule has 106 valence electrons. The normalized spacial score (nSPS) is 10.5. The zero-order chi connectivity index (χ0) is 14.5. The number of hydrogen-bond donors (Lipinski definition) is 2. The molecule has 0 atom stereocenters. The standard InChI is InChI=1S/C15H15N5S/c1-21-13-4-2-3-12(9-13)17-10-14-18-15(20-19-14)11-5-7-16-8-6-11/h2-9,17H,10H2,1H3,(H,18,19,20). The van der Waals surface area contributed by atoms with E-state index in [1.54, 1.807) is 24.2 Å². The quantitative estimate of drug-likeness (QED) is 0.708. The summed E-state index contributed by atoms with van der Waals surface area (Å²) in [7, 11) is 0. The van der Waals surface area contributed by atoms with Crippen LogP contribution in [0.15, 0.2) is 53.7 Å². The molecule has 2 aromatic heterocycles. The third kappa shape index (κ3) is 3.41. The Morgan fingerprint density at radius 3 is 2.86 bits per heavy atom. The van der Waals surface area contributed by atoms with Gasteiger partial charge in [0.15, 0.2) is 5.82 Å². The van der Waals surface area contributed by atoms with Gasteiger partial charge in [0.25, 0.3) is 0 Å². The molecule has 0 spiro atoms. The topological polar surface area (TPSA) is 66.5 Å². The molecular weight excluding hydrogens is 282 g/mol. The molecule has 0 aliphatic rings. The van der Waals surface area contributed by atoms with Gasteiger partial charge in [0.2, 0.25) is 0 Å². The summed E-state index contributed by atoms with van der Waals surface area (Å²) in [5.74, 6) is 1.49. The van der Waals surface area contributed by atoms with Crippen molar-refractivity contribution in [2.45, 2.75) is 11.4 Å².